The summed E-state index contributed by atoms with van der Waals surface area (Å²) in [4.78, 5) is 7.28. The van der Waals surface area contributed by atoms with Gasteiger partial charge in [0.2, 0.25) is 0 Å². The third-order valence-electron chi connectivity index (χ3n) is 5.19. The molecule has 0 saturated carbocycles. The summed E-state index contributed by atoms with van der Waals surface area (Å²) < 4.78 is 2.05. The Balaban J connectivity index is 1.77. The van der Waals surface area contributed by atoms with Crippen LogP contribution in [0.5, 0.6) is 0 Å². The summed E-state index contributed by atoms with van der Waals surface area (Å²) in [5.74, 6) is 1.52. The summed E-state index contributed by atoms with van der Waals surface area (Å²) in [6.07, 6.45) is 4.14. The molecule has 1 fully saturated rings. The molecule has 0 radical (unpaired) electrons. The van der Waals surface area contributed by atoms with Crippen LogP contribution in [0.3, 0.4) is 0 Å². The van der Waals surface area contributed by atoms with Crippen molar-refractivity contribution in [1.29, 1.82) is 0 Å². The summed E-state index contributed by atoms with van der Waals surface area (Å²) in [5, 5.41) is 9.65. The van der Waals surface area contributed by atoms with Gasteiger partial charge in [-0.3, -0.25) is 4.98 Å². The van der Waals surface area contributed by atoms with Gasteiger partial charge in [-0.1, -0.05) is 18.2 Å². The molecule has 24 heavy (non-hydrogen) atoms. The zero-order valence-electron chi connectivity index (χ0n) is 14.5. The van der Waals surface area contributed by atoms with Gasteiger partial charge in [-0.15, -0.1) is 10.2 Å². The number of anilines is 1. The molecule has 0 N–H and O–H groups in total. The smallest absolute Gasteiger partial charge is 0.137 e. The van der Waals surface area contributed by atoms with Crippen molar-refractivity contribution in [3.63, 3.8) is 0 Å². The molecule has 0 aliphatic carbocycles. The van der Waals surface area contributed by atoms with Crippen molar-refractivity contribution >= 4 is 16.6 Å². The molecule has 1 atom stereocenters. The number of hydrogen-bond donors (Lipinski definition) is 0. The third kappa shape index (κ3) is 2.44. The van der Waals surface area contributed by atoms with E-state index in [9.17, 15) is 0 Å². The van der Waals surface area contributed by atoms with Gasteiger partial charge in [0.25, 0.3) is 0 Å². The molecule has 4 rings (SSSR count). The fraction of sp³-hybridized carbons (Fsp3) is 0.421. The Morgan fingerprint density at radius 3 is 2.79 bits per heavy atom. The van der Waals surface area contributed by atoms with Crippen molar-refractivity contribution in [1.82, 2.24) is 19.7 Å². The molecule has 1 aliphatic rings. The lowest BCUT2D eigenvalue weighted by molar-refractivity contribution is 0.480. The van der Waals surface area contributed by atoms with Crippen molar-refractivity contribution in [2.75, 3.05) is 18.0 Å². The summed E-state index contributed by atoms with van der Waals surface area (Å²) in [5.41, 5.74) is 4.82. The van der Waals surface area contributed by atoms with E-state index in [2.05, 4.69) is 57.8 Å². The van der Waals surface area contributed by atoms with E-state index >= 15 is 0 Å². The van der Waals surface area contributed by atoms with Crippen LogP contribution in [-0.2, 0) is 7.05 Å². The first-order valence-electron chi connectivity index (χ1n) is 8.60. The molecule has 0 amide bonds. The molecule has 1 aliphatic heterocycles. The highest BCUT2D eigenvalue weighted by Crippen LogP contribution is 2.35. The van der Waals surface area contributed by atoms with Gasteiger partial charge in [0.05, 0.1) is 11.2 Å². The van der Waals surface area contributed by atoms with Crippen molar-refractivity contribution in [2.45, 2.75) is 32.6 Å². The van der Waals surface area contributed by atoms with Gasteiger partial charge in [0, 0.05) is 37.1 Å². The molecule has 5 heteroatoms. The van der Waals surface area contributed by atoms with Gasteiger partial charge < -0.3 is 9.47 Å². The quantitative estimate of drug-likeness (QED) is 0.726. The lowest BCUT2D eigenvalue weighted by Gasteiger charge is -2.35. The normalized spacial score (nSPS) is 18.3. The van der Waals surface area contributed by atoms with Crippen molar-refractivity contribution in [3.8, 4) is 0 Å². The molecule has 0 bridgehead atoms. The molecule has 3 heterocycles. The minimum atomic E-state index is 0.429. The second-order valence-corrected chi connectivity index (χ2v) is 6.77. The first-order chi connectivity index (χ1) is 11.6. The number of piperidine rings is 1. The van der Waals surface area contributed by atoms with Crippen LogP contribution >= 0.6 is 0 Å². The first-order valence-corrected chi connectivity index (χ1v) is 8.60. The molecule has 5 nitrogen and oxygen atoms in total. The number of nitrogens with zero attached hydrogens (tertiary/aromatic N) is 5. The van der Waals surface area contributed by atoms with E-state index in [1.54, 1.807) is 6.33 Å². The topological polar surface area (TPSA) is 46.8 Å². The Morgan fingerprint density at radius 1 is 1.17 bits per heavy atom. The molecule has 3 aromatic rings. The van der Waals surface area contributed by atoms with Crippen molar-refractivity contribution in [3.05, 3.63) is 47.7 Å². The fourth-order valence-corrected chi connectivity index (χ4v) is 3.87. The van der Waals surface area contributed by atoms with Gasteiger partial charge in [-0.25, -0.2) is 0 Å². The van der Waals surface area contributed by atoms with Gasteiger partial charge >= 0.3 is 0 Å². The van der Waals surface area contributed by atoms with Crippen LogP contribution in [0.4, 0.5) is 5.69 Å². The number of para-hydroxylation sites is 1. The fourth-order valence-electron chi connectivity index (χ4n) is 3.87. The Labute approximate surface area is 142 Å². The summed E-state index contributed by atoms with van der Waals surface area (Å²) in [6, 6.07) is 8.46. The third-order valence-corrected chi connectivity index (χ3v) is 5.19. The number of aryl methyl sites for hydroxylation is 2. The number of hydrogen-bond acceptors (Lipinski definition) is 4. The Morgan fingerprint density at radius 2 is 2.00 bits per heavy atom. The monoisotopic (exact) mass is 321 g/mol. The number of benzene rings is 1. The zero-order chi connectivity index (χ0) is 16.7. The predicted octanol–water partition coefficient (Wildman–Crippen LogP) is 3.36. The van der Waals surface area contributed by atoms with Crippen LogP contribution in [0.2, 0.25) is 0 Å². The minimum absolute atomic E-state index is 0.429. The average Bonchev–Trinajstić information content (AvgIpc) is 3.02. The van der Waals surface area contributed by atoms with Gasteiger partial charge in [-0.2, -0.15) is 0 Å². The maximum atomic E-state index is 4.76. The van der Waals surface area contributed by atoms with Crippen LogP contribution < -0.4 is 4.90 Å². The number of rotatable bonds is 2. The molecular formula is C19H23N5. The Hall–Kier alpha value is -2.43. The van der Waals surface area contributed by atoms with Gasteiger partial charge in [0.1, 0.15) is 12.2 Å². The lowest BCUT2D eigenvalue weighted by atomic mass is 9.95. The summed E-state index contributed by atoms with van der Waals surface area (Å²) >= 11 is 0. The Kier molecular flexibility index (Phi) is 3.71. The zero-order valence-corrected chi connectivity index (χ0v) is 14.5. The maximum Gasteiger partial charge on any atom is 0.137 e. The highest BCUT2D eigenvalue weighted by Gasteiger charge is 2.27. The summed E-state index contributed by atoms with van der Waals surface area (Å²) in [6.45, 7) is 6.37. The van der Waals surface area contributed by atoms with E-state index in [1.165, 1.54) is 29.5 Å². The van der Waals surface area contributed by atoms with Gasteiger partial charge in [0.15, 0.2) is 0 Å². The standard InChI is InChI=1S/C19H23N5/c1-13-14(2)21-17-9-5-4-8-16(17)18(13)24-10-6-7-15(11-24)19-22-20-12-23(19)3/h4-5,8-9,12,15H,6-7,10-11H2,1-3H3. The molecule has 124 valence electrons. The first kappa shape index (κ1) is 15.1. The predicted molar refractivity (Wildman–Crippen MR) is 96.4 cm³/mol. The Bertz CT molecular complexity index is 883. The average molecular weight is 321 g/mol. The maximum absolute atomic E-state index is 4.76. The molecule has 0 spiro atoms. The van der Waals surface area contributed by atoms with Crippen molar-refractivity contribution in [2.24, 2.45) is 7.05 Å². The molecule has 2 aromatic heterocycles. The number of pyridine rings is 1. The highest BCUT2D eigenvalue weighted by atomic mass is 15.3. The number of aromatic nitrogens is 4. The SMILES string of the molecule is Cc1nc2ccccc2c(N2CCCC(c3nncn3C)C2)c1C. The van der Waals surface area contributed by atoms with E-state index in [4.69, 9.17) is 4.98 Å². The second-order valence-electron chi connectivity index (χ2n) is 6.77. The summed E-state index contributed by atoms with van der Waals surface area (Å²) in [7, 11) is 2.03. The molecule has 1 unspecified atom stereocenters. The lowest BCUT2D eigenvalue weighted by Crippen LogP contribution is -2.36. The van der Waals surface area contributed by atoms with E-state index in [1.807, 2.05) is 7.05 Å². The van der Waals surface area contributed by atoms with E-state index in [0.717, 1.165) is 30.1 Å². The molecule has 1 saturated heterocycles. The van der Waals surface area contributed by atoms with Crippen LogP contribution in [-0.4, -0.2) is 32.8 Å². The molecule has 1 aromatic carbocycles. The van der Waals surface area contributed by atoms with Crippen LogP contribution in [0.25, 0.3) is 10.9 Å². The highest BCUT2D eigenvalue weighted by molar-refractivity contribution is 5.93. The van der Waals surface area contributed by atoms with Crippen LogP contribution in [0.1, 0.15) is 35.8 Å². The van der Waals surface area contributed by atoms with E-state index in [-0.39, 0.29) is 0 Å². The van der Waals surface area contributed by atoms with Crippen LogP contribution in [0, 0.1) is 13.8 Å². The molecular weight excluding hydrogens is 298 g/mol. The van der Waals surface area contributed by atoms with Crippen molar-refractivity contribution < 1.29 is 0 Å². The van der Waals surface area contributed by atoms with E-state index < -0.39 is 0 Å². The second kappa shape index (κ2) is 5.89. The minimum Gasteiger partial charge on any atom is -0.370 e. The van der Waals surface area contributed by atoms with E-state index in [0.29, 0.717) is 5.92 Å². The largest absolute Gasteiger partial charge is 0.370 e. The number of fused-ring (bicyclic) bond motifs is 1. The van der Waals surface area contributed by atoms with Gasteiger partial charge in [-0.05, 0) is 38.3 Å². The van der Waals surface area contributed by atoms with Crippen LogP contribution in [0.15, 0.2) is 30.6 Å².